The van der Waals surface area contributed by atoms with Crippen molar-refractivity contribution in [3.63, 3.8) is 0 Å². The summed E-state index contributed by atoms with van der Waals surface area (Å²) in [5.74, 6) is 0.0690. The fourth-order valence-corrected chi connectivity index (χ4v) is 3.13. The predicted molar refractivity (Wildman–Crippen MR) is 80.7 cm³/mol. The van der Waals surface area contributed by atoms with Crippen LogP contribution in [0.4, 0.5) is 0 Å². The number of carbonyl (C=O) groups excluding carboxylic acids is 1. The Balaban J connectivity index is 2.16. The van der Waals surface area contributed by atoms with Crippen LogP contribution in [0.3, 0.4) is 0 Å². The van der Waals surface area contributed by atoms with Gasteiger partial charge in [0.05, 0.1) is 0 Å². The molecule has 1 atom stereocenters. The third-order valence-electron chi connectivity index (χ3n) is 3.83. The second kappa shape index (κ2) is 5.38. The van der Waals surface area contributed by atoms with Crippen LogP contribution in [0, 0.1) is 11.3 Å². The Labute approximate surface area is 131 Å². The first-order valence-electron chi connectivity index (χ1n) is 6.71. The minimum absolute atomic E-state index is 0.0294. The second-order valence-corrected chi connectivity index (χ2v) is 6.02. The average Bonchev–Trinajstić information content (AvgIpc) is 2.48. The highest BCUT2D eigenvalue weighted by atomic mass is 79.9. The van der Waals surface area contributed by atoms with Crippen molar-refractivity contribution >= 4 is 21.7 Å². The van der Waals surface area contributed by atoms with Crippen molar-refractivity contribution in [2.24, 2.45) is 5.73 Å². The molecule has 0 saturated heterocycles. The minimum atomic E-state index is -0.281. The first-order chi connectivity index (χ1) is 10.1. The molecule has 1 unspecified atom stereocenters. The number of nitrogens with two attached hydrogens (primary N) is 1. The summed E-state index contributed by atoms with van der Waals surface area (Å²) in [7, 11) is 0. The van der Waals surface area contributed by atoms with Gasteiger partial charge in [0.2, 0.25) is 5.88 Å². The molecule has 2 aliphatic rings. The number of halogens is 1. The number of ketones is 1. The van der Waals surface area contributed by atoms with Gasteiger partial charge in [-0.1, -0.05) is 28.1 Å². The molecule has 0 radical (unpaired) electrons. The van der Waals surface area contributed by atoms with E-state index < -0.39 is 0 Å². The molecule has 3 rings (SSSR count). The molecule has 1 aromatic carbocycles. The van der Waals surface area contributed by atoms with Crippen LogP contribution in [0.15, 0.2) is 51.5 Å². The van der Waals surface area contributed by atoms with E-state index in [2.05, 4.69) is 22.0 Å². The Morgan fingerprint density at radius 1 is 1.29 bits per heavy atom. The molecule has 0 aromatic heterocycles. The Kier molecular flexibility index (Phi) is 3.56. The number of benzene rings is 1. The number of hydrogen-bond acceptors (Lipinski definition) is 4. The molecule has 1 aliphatic heterocycles. The number of hydrogen-bond donors (Lipinski definition) is 1. The molecular weight excluding hydrogens is 332 g/mol. The molecule has 4 nitrogen and oxygen atoms in total. The number of ether oxygens (including phenoxy) is 1. The van der Waals surface area contributed by atoms with Gasteiger partial charge in [-0.05, 0) is 36.1 Å². The van der Waals surface area contributed by atoms with E-state index in [9.17, 15) is 10.1 Å². The van der Waals surface area contributed by atoms with E-state index in [0.717, 1.165) is 28.5 Å². The van der Waals surface area contributed by atoms with Crippen LogP contribution >= 0.6 is 15.9 Å². The maximum absolute atomic E-state index is 12.0. The van der Waals surface area contributed by atoms with Gasteiger partial charge >= 0.3 is 0 Å². The summed E-state index contributed by atoms with van der Waals surface area (Å²) in [6.45, 7) is 0. The zero-order valence-electron chi connectivity index (χ0n) is 11.2. The molecule has 1 heterocycles. The standard InChI is InChI=1S/C16H13BrN2O2/c17-10-6-4-9(5-7-10)14-11-2-1-3-13(20)15(11)21-16(19)12(14)8-18/h4-7,14H,1-3,19H2. The average molecular weight is 345 g/mol. The minimum Gasteiger partial charge on any atom is -0.437 e. The van der Waals surface area contributed by atoms with Gasteiger partial charge in [-0.2, -0.15) is 5.26 Å². The first-order valence-corrected chi connectivity index (χ1v) is 7.50. The molecule has 0 saturated carbocycles. The molecule has 0 bridgehead atoms. The van der Waals surface area contributed by atoms with E-state index in [4.69, 9.17) is 10.5 Å². The van der Waals surface area contributed by atoms with E-state index in [1.165, 1.54) is 0 Å². The lowest BCUT2D eigenvalue weighted by molar-refractivity contribution is -0.119. The highest BCUT2D eigenvalue weighted by molar-refractivity contribution is 9.10. The van der Waals surface area contributed by atoms with Crippen molar-refractivity contribution in [3.05, 3.63) is 57.1 Å². The summed E-state index contributed by atoms with van der Waals surface area (Å²) in [5, 5.41) is 9.42. The second-order valence-electron chi connectivity index (χ2n) is 5.11. The maximum Gasteiger partial charge on any atom is 0.205 e. The highest BCUT2D eigenvalue weighted by Gasteiger charge is 2.36. The van der Waals surface area contributed by atoms with Gasteiger partial charge in [-0.25, -0.2) is 0 Å². The summed E-state index contributed by atoms with van der Waals surface area (Å²) in [6, 6.07) is 9.85. The molecule has 0 spiro atoms. The number of rotatable bonds is 1. The molecule has 2 N–H and O–H groups in total. The van der Waals surface area contributed by atoms with Crippen LogP contribution in [-0.2, 0) is 9.53 Å². The lowest BCUT2D eigenvalue weighted by Gasteiger charge is -2.31. The first kappa shape index (κ1) is 13.9. The highest BCUT2D eigenvalue weighted by Crippen LogP contribution is 2.43. The Bertz CT molecular complexity index is 711. The van der Waals surface area contributed by atoms with E-state index in [1.54, 1.807) is 0 Å². The van der Waals surface area contributed by atoms with Crippen LogP contribution in [0.25, 0.3) is 0 Å². The van der Waals surface area contributed by atoms with E-state index >= 15 is 0 Å². The van der Waals surface area contributed by atoms with Crippen LogP contribution in [0.5, 0.6) is 0 Å². The predicted octanol–water partition coefficient (Wildman–Crippen LogP) is 3.26. The van der Waals surface area contributed by atoms with Crippen LogP contribution in [0.2, 0.25) is 0 Å². The van der Waals surface area contributed by atoms with Gasteiger partial charge < -0.3 is 10.5 Å². The zero-order chi connectivity index (χ0) is 15.0. The number of Topliss-reactive ketones (excluding diaryl/α,β-unsaturated/α-hetero) is 1. The van der Waals surface area contributed by atoms with Gasteiger partial charge in [-0.15, -0.1) is 0 Å². The van der Waals surface area contributed by atoms with Gasteiger partial charge in [0.25, 0.3) is 0 Å². The van der Waals surface area contributed by atoms with Gasteiger partial charge in [0, 0.05) is 16.8 Å². The zero-order valence-corrected chi connectivity index (χ0v) is 12.8. The normalized spacial score (nSPS) is 21.7. The van der Waals surface area contributed by atoms with Gasteiger partial charge in [0.15, 0.2) is 11.5 Å². The molecule has 5 heteroatoms. The molecule has 1 aromatic rings. The summed E-state index contributed by atoms with van der Waals surface area (Å²) < 4.78 is 6.40. The number of nitrogens with zero attached hydrogens (tertiary/aromatic N) is 1. The van der Waals surface area contributed by atoms with Crippen molar-refractivity contribution in [2.45, 2.75) is 25.2 Å². The fourth-order valence-electron chi connectivity index (χ4n) is 2.87. The molecule has 21 heavy (non-hydrogen) atoms. The third kappa shape index (κ3) is 2.36. The Hall–Kier alpha value is -2.06. The summed E-state index contributed by atoms with van der Waals surface area (Å²) in [5.41, 5.74) is 8.06. The molecule has 1 aliphatic carbocycles. The Morgan fingerprint density at radius 2 is 2.00 bits per heavy atom. The van der Waals surface area contributed by atoms with E-state index in [-0.39, 0.29) is 17.6 Å². The maximum atomic E-state index is 12.0. The molecular formula is C16H13BrN2O2. The van der Waals surface area contributed by atoms with E-state index in [1.807, 2.05) is 24.3 Å². The van der Waals surface area contributed by atoms with Crippen molar-refractivity contribution in [1.29, 1.82) is 5.26 Å². The van der Waals surface area contributed by atoms with Crippen molar-refractivity contribution in [2.75, 3.05) is 0 Å². The molecule has 106 valence electrons. The fraction of sp³-hybridized carbons (Fsp3) is 0.250. The topological polar surface area (TPSA) is 76.1 Å². The smallest absolute Gasteiger partial charge is 0.205 e. The van der Waals surface area contributed by atoms with Gasteiger partial charge in [-0.3, -0.25) is 4.79 Å². The third-order valence-corrected chi connectivity index (χ3v) is 4.36. The van der Waals surface area contributed by atoms with Crippen molar-refractivity contribution in [3.8, 4) is 6.07 Å². The lowest BCUT2D eigenvalue weighted by Crippen LogP contribution is -2.26. The van der Waals surface area contributed by atoms with Gasteiger partial charge in [0.1, 0.15) is 11.6 Å². The van der Waals surface area contributed by atoms with Crippen LogP contribution < -0.4 is 5.73 Å². The molecule has 0 fully saturated rings. The SMILES string of the molecule is N#CC1=C(N)OC2=C(CCCC2=O)C1c1ccc(Br)cc1. The van der Waals surface area contributed by atoms with Crippen molar-refractivity contribution in [1.82, 2.24) is 0 Å². The molecule has 0 amide bonds. The lowest BCUT2D eigenvalue weighted by atomic mass is 9.78. The van der Waals surface area contributed by atoms with Crippen LogP contribution in [-0.4, -0.2) is 5.78 Å². The summed E-state index contributed by atoms with van der Waals surface area (Å²) in [4.78, 5) is 12.0. The van der Waals surface area contributed by atoms with Crippen molar-refractivity contribution < 1.29 is 9.53 Å². The summed E-state index contributed by atoms with van der Waals surface area (Å²) in [6.07, 6.45) is 2.01. The Morgan fingerprint density at radius 3 is 2.67 bits per heavy atom. The van der Waals surface area contributed by atoms with E-state index in [0.29, 0.717) is 17.8 Å². The quantitative estimate of drug-likeness (QED) is 0.848. The summed E-state index contributed by atoms with van der Waals surface area (Å²) >= 11 is 3.40. The number of nitriles is 1. The number of allylic oxidation sites excluding steroid dienone is 3. The van der Waals surface area contributed by atoms with Crippen LogP contribution in [0.1, 0.15) is 30.7 Å². The monoisotopic (exact) mass is 344 g/mol. The largest absolute Gasteiger partial charge is 0.437 e. The number of carbonyl (C=O) groups is 1.